The molecule has 5 nitrogen and oxygen atoms in total. The third kappa shape index (κ3) is 3.55. The fourth-order valence-corrected chi connectivity index (χ4v) is 3.47. The molecule has 23 heavy (non-hydrogen) atoms. The number of allylic oxidation sites excluding steroid dienone is 2. The first-order chi connectivity index (χ1) is 11.0. The van der Waals surface area contributed by atoms with Gasteiger partial charge in [0.15, 0.2) is 6.61 Å². The molecule has 5 heteroatoms. The number of carbonyl (C=O) groups is 2. The average molecular weight is 315 g/mol. The summed E-state index contributed by atoms with van der Waals surface area (Å²) < 4.78 is 5.14. The van der Waals surface area contributed by atoms with Crippen LogP contribution >= 0.6 is 0 Å². The van der Waals surface area contributed by atoms with E-state index in [1.807, 2.05) is 6.92 Å². The molecule has 1 fully saturated rings. The van der Waals surface area contributed by atoms with Gasteiger partial charge in [-0.25, -0.2) is 4.79 Å². The largest absolute Gasteiger partial charge is 0.482 e. The molecule has 1 aromatic carbocycles. The maximum atomic E-state index is 12.6. The Hall–Kier alpha value is -2.30. The lowest BCUT2D eigenvalue weighted by molar-refractivity contribution is -0.139. The van der Waals surface area contributed by atoms with Gasteiger partial charge in [-0.2, -0.15) is 0 Å². The number of rotatable bonds is 5. The number of anilines is 1. The monoisotopic (exact) mass is 315 g/mol. The Labute approximate surface area is 135 Å². The Morgan fingerprint density at radius 2 is 2.13 bits per heavy atom. The van der Waals surface area contributed by atoms with Gasteiger partial charge in [0, 0.05) is 11.6 Å². The topological polar surface area (TPSA) is 75.6 Å². The van der Waals surface area contributed by atoms with E-state index in [-0.39, 0.29) is 18.4 Å². The lowest BCUT2D eigenvalue weighted by Gasteiger charge is -2.37. The first kappa shape index (κ1) is 15.6. The van der Waals surface area contributed by atoms with Crippen LogP contribution in [0.2, 0.25) is 0 Å². The Morgan fingerprint density at radius 3 is 2.70 bits per heavy atom. The van der Waals surface area contributed by atoms with Gasteiger partial charge in [-0.05, 0) is 61.8 Å². The van der Waals surface area contributed by atoms with Crippen molar-refractivity contribution in [1.82, 2.24) is 0 Å². The van der Waals surface area contributed by atoms with E-state index in [0.29, 0.717) is 17.6 Å². The molecule has 3 aliphatic rings. The fraction of sp³-hybridized carbons (Fsp3) is 0.444. The SMILES string of the molecule is Cc1cc(OCC(=O)O)ccc1NC(=O)[C@@H]1C[C@@H]2C=C[C@H]1CC2. The van der Waals surface area contributed by atoms with Crippen LogP contribution in [0.15, 0.2) is 30.4 Å². The number of hydrogen-bond acceptors (Lipinski definition) is 3. The van der Waals surface area contributed by atoms with Crippen molar-refractivity contribution in [2.45, 2.75) is 26.2 Å². The Morgan fingerprint density at radius 1 is 1.30 bits per heavy atom. The number of aliphatic carboxylic acids is 1. The van der Waals surface area contributed by atoms with E-state index in [4.69, 9.17) is 9.84 Å². The molecule has 122 valence electrons. The van der Waals surface area contributed by atoms with Crippen LogP contribution in [0.4, 0.5) is 5.69 Å². The van der Waals surface area contributed by atoms with E-state index in [1.165, 1.54) is 6.42 Å². The number of aryl methyl sites for hydroxylation is 1. The molecular weight excluding hydrogens is 294 g/mol. The predicted molar refractivity (Wildman–Crippen MR) is 86.4 cm³/mol. The van der Waals surface area contributed by atoms with Crippen LogP contribution in [0.25, 0.3) is 0 Å². The summed E-state index contributed by atoms with van der Waals surface area (Å²) in [5.41, 5.74) is 1.61. The number of amides is 1. The summed E-state index contributed by atoms with van der Waals surface area (Å²) in [6.45, 7) is 1.50. The quantitative estimate of drug-likeness (QED) is 0.819. The van der Waals surface area contributed by atoms with Crippen molar-refractivity contribution < 1.29 is 19.4 Å². The van der Waals surface area contributed by atoms with Crippen molar-refractivity contribution >= 4 is 17.6 Å². The fourth-order valence-electron chi connectivity index (χ4n) is 3.47. The second kappa shape index (κ2) is 6.44. The normalized spacial score (nSPS) is 25.2. The first-order valence-corrected chi connectivity index (χ1v) is 7.97. The zero-order valence-electron chi connectivity index (χ0n) is 13.1. The molecule has 0 radical (unpaired) electrons. The second-order valence-electron chi connectivity index (χ2n) is 6.38. The Balaban J connectivity index is 1.64. The number of carboxylic acid groups (broad SMARTS) is 1. The number of carbonyl (C=O) groups excluding carboxylic acids is 1. The van der Waals surface area contributed by atoms with Gasteiger partial charge in [0.25, 0.3) is 0 Å². The summed E-state index contributed by atoms with van der Waals surface area (Å²) in [5.74, 6) is 0.512. The van der Waals surface area contributed by atoms with Crippen molar-refractivity contribution in [1.29, 1.82) is 0 Å². The lowest BCUT2D eigenvalue weighted by atomic mass is 9.69. The summed E-state index contributed by atoms with van der Waals surface area (Å²) in [4.78, 5) is 23.1. The summed E-state index contributed by atoms with van der Waals surface area (Å²) in [6.07, 6.45) is 7.67. The minimum absolute atomic E-state index is 0.0566. The molecule has 1 amide bonds. The van der Waals surface area contributed by atoms with Crippen LogP contribution in [0.5, 0.6) is 5.75 Å². The third-order valence-electron chi connectivity index (χ3n) is 4.73. The van der Waals surface area contributed by atoms with E-state index in [1.54, 1.807) is 18.2 Å². The minimum atomic E-state index is -1.01. The van der Waals surface area contributed by atoms with E-state index in [0.717, 1.165) is 24.1 Å². The molecule has 0 aromatic heterocycles. The van der Waals surface area contributed by atoms with Crippen LogP contribution in [0.3, 0.4) is 0 Å². The van der Waals surface area contributed by atoms with Crippen LogP contribution in [-0.2, 0) is 9.59 Å². The van der Waals surface area contributed by atoms with Crippen molar-refractivity contribution in [2.75, 3.05) is 11.9 Å². The number of nitrogens with one attached hydrogen (secondary N) is 1. The predicted octanol–water partition coefficient (Wildman–Crippen LogP) is 3.00. The molecule has 1 saturated carbocycles. The number of ether oxygens (including phenoxy) is 1. The van der Waals surface area contributed by atoms with Crippen molar-refractivity contribution in [2.24, 2.45) is 17.8 Å². The molecule has 4 rings (SSSR count). The smallest absolute Gasteiger partial charge is 0.341 e. The molecule has 0 unspecified atom stereocenters. The molecular formula is C18H21NO4. The van der Waals surface area contributed by atoms with Gasteiger partial charge in [0.2, 0.25) is 5.91 Å². The minimum Gasteiger partial charge on any atom is -0.482 e. The van der Waals surface area contributed by atoms with Gasteiger partial charge in [-0.15, -0.1) is 0 Å². The van der Waals surface area contributed by atoms with Gasteiger partial charge in [0.05, 0.1) is 0 Å². The molecule has 0 heterocycles. The molecule has 2 bridgehead atoms. The molecule has 1 aromatic rings. The molecule has 0 aliphatic heterocycles. The second-order valence-corrected chi connectivity index (χ2v) is 6.38. The number of benzene rings is 1. The van der Waals surface area contributed by atoms with Crippen molar-refractivity contribution in [3.63, 3.8) is 0 Å². The highest BCUT2D eigenvalue weighted by molar-refractivity contribution is 5.93. The molecule has 0 saturated heterocycles. The molecule has 3 aliphatic carbocycles. The van der Waals surface area contributed by atoms with Gasteiger partial charge in [-0.3, -0.25) is 4.79 Å². The van der Waals surface area contributed by atoms with E-state index in [9.17, 15) is 9.59 Å². The number of hydrogen-bond donors (Lipinski definition) is 2. The Bertz CT molecular complexity index is 652. The number of carboxylic acids is 1. The standard InChI is InChI=1S/C18H21NO4/c1-11-8-14(23-10-17(20)21)6-7-16(11)19-18(22)15-9-12-2-4-13(15)5-3-12/h2,4,6-8,12-13,15H,3,5,9-10H2,1H3,(H,19,22)(H,20,21)/t12-,13+,15-/m1/s1. The lowest BCUT2D eigenvalue weighted by Crippen LogP contribution is -2.36. The highest BCUT2D eigenvalue weighted by Crippen LogP contribution is 2.41. The van der Waals surface area contributed by atoms with Crippen LogP contribution < -0.4 is 10.1 Å². The third-order valence-corrected chi connectivity index (χ3v) is 4.73. The van der Waals surface area contributed by atoms with Crippen LogP contribution in [0, 0.1) is 24.7 Å². The van der Waals surface area contributed by atoms with Crippen molar-refractivity contribution in [3.05, 3.63) is 35.9 Å². The van der Waals surface area contributed by atoms with Crippen LogP contribution in [-0.4, -0.2) is 23.6 Å². The van der Waals surface area contributed by atoms with Crippen molar-refractivity contribution in [3.8, 4) is 5.75 Å². The van der Waals surface area contributed by atoms with Crippen LogP contribution in [0.1, 0.15) is 24.8 Å². The number of fused-ring (bicyclic) bond motifs is 2. The summed E-state index contributed by atoms with van der Waals surface area (Å²) in [7, 11) is 0. The summed E-state index contributed by atoms with van der Waals surface area (Å²) in [6, 6.07) is 5.19. The van der Waals surface area contributed by atoms with E-state index in [2.05, 4.69) is 17.5 Å². The first-order valence-electron chi connectivity index (χ1n) is 7.97. The maximum Gasteiger partial charge on any atom is 0.341 e. The Kier molecular flexibility index (Phi) is 4.37. The van der Waals surface area contributed by atoms with Gasteiger partial charge < -0.3 is 15.2 Å². The van der Waals surface area contributed by atoms with E-state index >= 15 is 0 Å². The molecule has 3 atom stereocenters. The van der Waals surface area contributed by atoms with Gasteiger partial charge >= 0.3 is 5.97 Å². The average Bonchev–Trinajstić information content (AvgIpc) is 2.56. The highest BCUT2D eigenvalue weighted by atomic mass is 16.5. The summed E-state index contributed by atoms with van der Waals surface area (Å²) in [5, 5.41) is 11.6. The van der Waals surface area contributed by atoms with Gasteiger partial charge in [0.1, 0.15) is 5.75 Å². The molecule has 2 N–H and O–H groups in total. The zero-order valence-corrected chi connectivity index (χ0v) is 13.1. The maximum absolute atomic E-state index is 12.6. The summed E-state index contributed by atoms with van der Waals surface area (Å²) >= 11 is 0. The molecule has 0 spiro atoms. The van der Waals surface area contributed by atoms with Gasteiger partial charge in [-0.1, -0.05) is 12.2 Å². The highest BCUT2D eigenvalue weighted by Gasteiger charge is 2.36. The zero-order chi connectivity index (χ0) is 16.4. The van der Waals surface area contributed by atoms with E-state index < -0.39 is 5.97 Å².